The van der Waals surface area contributed by atoms with Crippen LogP contribution < -0.4 is 5.14 Å². The highest BCUT2D eigenvalue weighted by Gasteiger charge is 2.01. The lowest BCUT2D eigenvalue weighted by atomic mass is 10.4. The standard InChI is InChI=1S/C4H9NO3S/c1-4(6)2-3-9(5,7)8/h6H,1-3H2,(H2,5,7,8). The lowest BCUT2D eigenvalue weighted by Gasteiger charge is -1.94. The number of hydrogen-bond donors (Lipinski definition) is 2. The molecule has 0 aliphatic rings. The van der Waals surface area contributed by atoms with Gasteiger partial charge in [-0.05, 0) is 0 Å². The van der Waals surface area contributed by atoms with Gasteiger partial charge in [-0.3, -0.25) is 0 Å². The topological polar surface area (TPSA) is 80.4 Å². The Kier molecular flexibility index (Phi) is 2.66. The van der Waals surface area contributed by atoms with Crippen molar-refractivity contribution in [2.75, 3.05) is 5.75 Å². The van der Waals surface area contributed by atoms with E-state index in [1.165, 1.54) is 0 Å². The first-order chi connectivity index (χ1) is 3.92. The van der Waals surface area contributed by atoms with Gasteiger partial charge in [-0.15, -0.1) is 0 Å². The summed E-state index contributed by atoms with van der Waals surface area (Å²) in [5.41, 5.74) is 0. The van der Waals surface area contributed by atoms with Crippen LogP contribution >= 0.6 is 0 Å². The normalized spacial score (nSPS) is 11.2. The first-order valence-corrected chi connectivity index (χ1v) is 4.00. The molecule has 0 aliphatic heterocycles. The van der Waals surface area contributed by atoms with E-state index in [-0.39, 0.29) is 17.9 Å². The summed E-state index contributed by atoms with van der Waals surface area (Å²) < 4.78 is 20.3. The second kappa shape index (κ2) is 2.84. The highest BCUT2D eigenvalue weighted by molar-refractivity contribution is 7.89. The van der Waals surface area contributed by atoms with Crippen LogP contribution in [0.5, 0.6) is 0 Å². The van der Waals surface area contributed by atoms with Crippen LogP contribution in [0.1, 0.15) is 6.42 Å². The fourth-order valence-electron chi connectivity index (χ4n) is 0.260. The molecular formula is C4H9NO3S. The number of primary sulfonamides is 1. The highest BCUT2D eigenvalue weighted by atomic mass is 32.2. The van der Waals surface area contributed by atoms with Crippen LogP contribution in [0, 0.1) is 0 Å². The van der Waals surface area contributed by atoms with E-state index < -0.39 is 10.0 Å². The quantitative estimate of drug-likeness (QED) is 0.545. The second-order valence-electron chi connectivity index (χ2n) is 1.68. The Balaban J connectivity index is 3.67. The summed E-state index contributed by atoms with van der Waals surface area (Å²) in [6.07, 6.45) is 0.0127. The number of allylic oxidation sites excluding steroid dienone is 1. The molecule has 0 saturated carbocycles. The number of sulfonamides is 1. The average molecular weight is 151 g/mol. The zero-order chi connectivity index (χ0) is 7.49. The zero-order valence-electron chi connectivity index (χ0n) is 4.87. The van der Waals surface area contributed by atoms with Gasteiger partial charge in [0.05, 0.1) is 11.5 Å². The molecule has 4 nitrogen and oxygen atoms in total. The van der Waals surface area contributed by atoms with Crippen molar-refractivity contribution >= 4 is 10.0 Å². The van der Waals surface area contributed by atoms with Crippen molar-refractivity contribution in [3.05, 3.63) is 12.3 Å². The smallest absolute Gasteiger partial charge is 0.209 e. The van der Waals surface area contributed by atoms with Gasteiger partial charge in [-0.1, -0.05) is 6.58 Å². The monoisotopic (exact) mass is 151 g/mol. The van der Waals surface area contributed by atoms with Crippen LogP contribution in [0.4, 0.5) is 0 Å². The molecule has 0 spiro atoms. The van der Waals surface area contributed by atoms with Crippen molar-refractivity contribution in [1.29, 1.82) is 0 Å². The van der Waals surface area contributed by atoms with Gasteiger partial charge in [0.15, 0.2) is 0 Å². The van der Waals surface area contributed by atoms with E-state index in [9.17, 15) is 8.42 Å². The second-order valence-corrected chi connectivity index (χ2v) is 3.42. The summed E-state index contributed by atoms with van der Waals surface area (Å²) in [4.78, 5) is 0. The summed E-state index contributed by atoms with van der Waals surface area (Å²) in [5, 5.41) is 13.0. The molecule has 0 atom stereocenters. The SMILES string of the molecule is C=C(O)CCS(N)(=O)=O. The van der Waals surface area contributed by atoms with Gasteiger partial charge >= 0.3 is 0 Å². The van der Waals surface area contributed by atoms with E-state index in [0.717, 1.165) is 0 Å². The summed E-state index contributed by atoms with van der Waals surface area (Å²) in [6, 6.07) is 0. The number of rotatable bonds is 3. The molecule has 9 heavy (non-hydrogen) atoms. The number of hydrogen-bond acceptors (Lipinski definition) is 3. The summed E-state index contributed by atoms with van der Waals surface area (Å²) >= 11 is 0. The highest BCUT2D eigenvalue weighted by Crippen LogP contribution is 1.92. The molecule has 0 bridgehead atoms. The van der Waals surface area contributed by atoms with Crippen molar-refractivity contribution in [3.8, 4) is 0 Å². The third-order valence-corrected chi connectivity index (χ3v) is 1.45. The molecule has 0 saturated heterocycles. The Hall–Kier alpha value is -0.550. The molecular weight excluding hydrogens is 142 g/mol. The van der Waals surface area contributed by atoms with E-state index >= 15 is 0 Å². The molecule has 0 amide bonds. The Morgan fingerprint density at radius 3 is 2.22 bits per heavy atom. The molecule has 0 unspecified atom stereocenters. The number of aliphatic hydroxyl groups is 1. The molecule has 5 heteroatoms. The Morgan fingerprint density at radius 1 is 1.67 bits per heavy atom. The van der Waals surface area contributed by atoms with Gasteiger partial charge in [-0.2, -0.15) is 0 Å². The summed E-state index contributed by atoms with van der Waals surface area (Å²) in [6.45, 7) is 3.09. The lowest BCUT2D eigenvalue weighted by molar-refractivity contribution is 0.397. The third-order valence-electron chi connectivity index (χ3n) is 0.675. The Labute approximate surface area is 54.0 Å². The molecule has 0 radical (unpaired) electrons. The first-order valence-electron chi connectivity index (χ1n) is 2.29. The lowest BCUT2D eigenvalue weighted by Crippen LogP contribution is -2.16. The van der Waals surface area contributed by atoms with Crippen molar-refractivity contribution in [1.82, 2.24) is 0 Å². The molecule has 54 valence electrons. The van der Waals surface area contributed by atoms with Gasteiger partial charge in [0.1, 0.15) is 0 Å². The van der Waals surface area contributed by atoms with Crippen LogP contribution in [0.15, 0.2) is 12.3 Å². The average Bonchev–Trinajstić information content (AvgIpc) is 1.59. The largest absolute Gasteiger partial charge is 0.513 e. The van der Waals surface area contributed by atoms with Gasteiger partial charge in [0, 0.05) is 6.42 Å². The van der Waals surface area contributed by atoms with E-state index in [1.807, 2.05) is 0 Å². The third kappa shape index (κ3) is 7.45. The maximum Gasteiger partial charge on any atom is 0.209 e. The van der Waals surface area contributed by atoms with Crippen LogP contribution in [-0.4, -0.2) is 19.3 Å². The van der Waals surface area contributed by atoms with Crippen LogP contribution in [0.3, 0.4) is 0 Å². The van der Waals surface area contributed by atoms with Crippen molar-refractivity contribution in [3.63, 3.8) is 0 Å². The molecule has 0 fully saturated rings. The predicted molar refractivity (Wildman–Crippen MR) is 34.4 cm³/mol. The molecule has 0 heterocycles. The molecule has 0 aromatic rings. The predicted octanol–water partition coefficient (Wildman–Crippen LogP) is -0.263. The number of aliphatic hydroxyl groups excluding tert-OH is 1. The molecule has 0 aromatic heterocycles. The van der Waals surface area contributed by atoms with Gasteiger partial charge in [-0.25, -0.2) is 13.6 Å². The summed E-state index contributed by atoms with van der Waals surface area (Å²) in [7, 11) is -3.44. The zero-order valence-corrected chi connectivity index (χ0v) is 5.69. The van der Waals surface area contributed by atoms with E-state index in [2.05, 4.69) is 11.7 Å². The first kappa shape index (κ1) is 8.45. The van der Waals surface area contributed by atoms with Gasteiger partial charge in [0.2, 0.25) is 10.0 Å². The maximum atomic E-state index is 10.2. The van der Waals surface area contributed by atoms with Gasteiger partial charge in [0.25, 0.3) is 0 Å². The van der Waals surface area contributed by atoms with Crippen LogP contribution in [0.25, 0.3) is 0 Å². The molecule has 3 N–H and O–H groups in total. The van der Waals surface area contributed by atoms with Crippen LogP contribution in [0.2, 0.25) is 0 Å². The molecule has 0 rings (SSSR count). The minimum atomic E-state index is -3.44. The maximum absolute atomic E-state index is 10.2. The van der Waals surface area contributed by atoms with E-state index in [1.54, 1.807) is 0 Å². The van der Waals surface area contributed by atoms with Crippen LogP contribution in [-0.2, 0) is 10.0 Å². The fourth-order valence-corrected chi connectivity index (χ4v) is 0.780. The Morgan fingerprint density at radius 2 is 2.11 bits per heavy atom. The van der Waals surface area contributed by atoms with E-state index in [0.29, 0.717) is 0 Å². The van der Waals surface area contributed by atoms with E-state index in [4.69, 9.17) is 5.11 Å². The minimum Gasteiger partial charge on any atom is -0.513 e. The fraction of sp³-hybridized carbons (Fsp3) is 0.500. The number of nitrogens with two attached hydrogens (primary N) is 1. The molecule has 0 aliphatic carbocycles. The Bertz CT molecular complexity index is 194. The van der Waals surface area contributed by atoms with Crippen molar-refractivity contribution in [2.24, 2.45) is 5.14 Å². The van der Waals surface area contributed by atoms with Crippen molar-refractivity contribution in [2.45, 2.75) is 6.42 Å². The van der Waals surface area contributed by atoms with Gasteiger partial charge < -0.3 is 5.11 Å². The molecule has 0 aromatic carbocycles. The van der Waals surface area contributed by atoms with Crippen molar-refractivity contribution < 1.29 is 13.5 Å². The summed E-state index contributed by atoms with van der Waals surface area (Å²) in [5.74, 6) is -0.411. The minimum absolute atomic E-state index is 0.0127.